The summed E-state index contributed by atoms with van der Waals surface area (Å²) in [5.74, 6) is -0.555. The molecule has 0 aromatic rings. The second-order valence-electron chi connectivity index (χ2n) is 6.15. The highest BCUT2D eigenvalue weighted by molar-refractivity contribution is 5.78. The lowest BCUT2D eigenvalue weighted by molar-refractivity contribution is -0.144. The zero-order valence-corrected chi connectivity index (χ0v) is 12.1. The van der Waals surface area contributed by atoms with E-state index in [1.54, 1.807) is 0 Å². The van der Waals surface area contributed by atoms with Crippen molar-refractivity contribution < 1.29 is 14.7 Å². The predicted molar refractivity (Wildman–Crippen MR) is 76.4 cm³/mol. The van der Waals surface area contributed by atoms with E-state index in [0.717, 1.165) is 38.8 Å². The fourth-order valence-corrected chi connectivity index (χ4v) is 3.38. The number of aliphatic carboxylic acids is 1. The standard InChI is InChI=1S/C15H26N2O3/c18-14(8-7-11-4-3-9-16-10-11)17-13-6-2-1-5-12(13)15(19)20/h11-13,16H,1-10H2,(H,17,18)(H,19,20). The molecule has 3 unspecified atom stereocenters. The lowest BCUT2D eigenvalue weighted by atomic mass is 9.84. The Balaban J connectivity index is 1.73. The number of carbonyl (C=O) groups is 2. The van der Waals surface area contributed by atoms with E-state index >= 15 is 0 Å². The molecule has 1 saturated heterocycles. The van der Waals surface area contributed by atoms with E-state index in [4.69, 9.17) is 0 Å². The van der Waals surface area contributed by atoms with Crippen molar-refractivity contribution in [2.45, 2.75) is 57.4 Å². The van der Waals surface area contributed by atoms with Crippen LogP contribution in [0.15, 0.2) is 0 Å². The van der Waals surface area contributed by atoms with E-state index in [-0.39, 0.29) is 11.9 Å². The van der Waals surface area contributed by atoms with Gasteiger partial charge in [0.1, 0.15) is 0 Å². The normalized spacial score (nSPS) is 30.7. The molecule has 0 spiro atoms. The third-order valence-electron chi connectivity index (χ3n) is 4.61. The molecule has 1 aliphatic carbocycles. The number of carboxylic acid groups (broad SMARTS) is 1. The Kier molecular flexibility index (Phi) is 5.83. The molecule has 3 N–H and O–H groups in total. The highest BCUT2D eigenvalue weighted by Gasteiger charge is 2.31. The van der Waals surface area contributed by atoms with Crippen molar-refractivity contribution in [1.82, 2.24) is 10.6 Å². The van der Waals surface area contributed by atoms with E-state index in [2.05, 4.69) is 10.6 Å². The Morgan fingerprint density at radius 1 is 1.15 bits per heavy atom. The molecule has 2 fully saturated rings. The summed E-state index contributed by atoms with van der Waals surface area (Å²) in [6.07, 6.45) is 7.27. The van der Waals surface area contributed by atoms with Crippen molar-refractivity contribution in [3.8, 4) is 0 Å². The van der Waals surface area contributed by atoms with E-state index < -0.39 is 11.9 Å². The quantitative estimate of drug-likeness (QED) is 0.714. The molecule has 0 radical (unpaired) electrons. The van der Waals surface area contributed by atoms with Gasteiger partial charge in [0.2, 0.25) is 5.91 Å². The van der Waals surface area contributed by atoms with Crippen LogP contribution in [0, 0.1) is 11.8 Å². The number of rotatable bonds is 5. The number of hydrogen-bond acceptors (Lipinski definition) is 3. The average Bonchev–Trinajstić information content (AvgIpc) is 2.46. The van der Waals surface area contributed by atoms with Crippen LogP contribution in [0.4, 0.5) is 0 Å². The molecule has 0 aromatic heterocycles. The van der Waals surface area contributed by atoms with Crippen LogP contribution in [0.1, 0.15) is 51.4 Å². The zero-order chi connectivity index (χ0) is 14.4. The maximum atomic E-state index is 12.0. The van der Waals surface area contributed by atoms with Gasteiger partial charge in [-0.05, 0) is 51.1 Å². The van der Waals surface area contributed by atoms with Crippen LogP contribution in [0.2, 0.25) is 0 Å². The first-order chi connectivity index (χ1) is 9.66. The van der Waals surface area contributed by atoms with Crippen LogP contribution in [0.3, 0.4) is 0 Å². The van der Waals surface area contributed by atoms with Gasteiger partial charge in [-0.2, -0.15) is 0 Å². The van der Waals surface area contributed by atoms with Crippen LogP contribution in [0.25, 0.3) is 0 Å². The van der Waals surface area contributed by atoms with Gasteiger partial charge >= 0.3 is 5.97 Å². The average molecular weight is 282 g/mol. The van der Waals surface area contributed by atoms with Crippen LogP contribution in [-0.2, 0) is 9.59 Å². The van der Waals surface area contributed by atoms with E-state index in [1.807, 2.05) is 0 Å². The number of piperidine rings is 1. The molecule has 1 aliphatic heterocycles. The molecule has 0 bridgehead atoms. The molecule has 0 aromatic carbocycles. The van der Waals surface area contributed by atoms with Crippen LogP contribution >= 0.6 is 0 Å². The predicted octanol–water partition coefficient (Wildman–Crippen LogP) is 1.53. The van der Waals surface area contributed by atoms with Crippen molar-refractivity contribution in [3.63, 3.8) is 0 Å². The Morgan fingerprint density at radius 3 is 2.65 bits per heavy atom. The Morgan fingerprint density at radius 2 is 1.95 bits per heavy atom. The summed E-state index contributed by atoms with van der Waals surface area (Å²) in [6.45, 7) is 2.10. The van der Waals surface area contributed by atoms with Crippen molar-refractivity contribution in [3.05, 3.63) is 0 Å². The third-order valence-corrected chi connectivity index (χ3v) is 4.61. The summed E-state index contributed by atoms with van der Waals surface area (Å²) in [4.78, 5) is 23.2. The Bertz CT molecular complexity index is 340. The van der Waals surface area contributed by atoms with Crippen LogP contribution in [-0.4, -0.2) is 36.1 Å². The number of hydrogen-bond donors (Lipinski definition) is 3. The van der Waals surface area contributed by atoms with Gasteiger partial charge in [-0.1, -0.05) is 12.8 Å². The van der Waals surface area contributed by atoms with Crippen LogP contribution in [0.5, 0.6) is 0 Å². The molecule has 2 aliphatic rings. The monoisotopic (exact) mass is 282 g/mol. The molecule has 5 heteroatoms. The van der Waals surface area contributed by atoms with Crippen molar-refractivity contribution >= 4 is 11.9 Å². The lowest BCUT2D eigenvalue weighted by Crippen LogP contribution is -2.45. The van der Waals surface area contributed by atoms with Crippen LogP contribution < -0.4 is 10.6 Å². The molecule has 114 valence electrons. The lowest BCUT2D eigenvalue weighted by Gasteiger charge is -2.29. The maximum absolute atomic E-state index is 12.0. The molecule has 1 amide bonds. The summed E-state index contributed by atoms with van der Waals surface area (Å²) >= 11 is 0. The van der Waals surface area contributed by atoms with E-state index in [1.165, 1.54) is 12.8 Å². The maximum Gasteiger partial charge on any atom is 0.308 e. The zero-order valence-electron chi connectivity index (χ0n) is 12.1. The first-order valence-corrected chi connectivity index (χ1v) is 7.89. The second-order valence-corrected chi connectivity index (χ2v) is 6.15. The highest BCUT2D eigenvalue weighted by Crippen LogP contribution is 2.25. The van der Waals surface area contributed by atoms with Gasteiger partial charge in [0, 0.05) is 12.5 Å². The van der Waals surface area contributed by atoms with Crippen molar-refractivity contribution in [2.24, 2.45) is 11.8 Å². The number of amides is 1. The fraction of sp³-hybridized carbons (Fsp3) is 0.867. The van der Waals surface area contributed by atoms with Gasteiger partial charge in [-0.3, -0.25) is 9.59 Å². The van der Waals surface area contributed by atoms with Gasteiger partial charge < -0.3 is 15.7 Å². The summed E-state index contributed by atoms with van der Waals surface area (Å²) in [7, 11) is 0. The van der Waals surface area contributed by atoms with Gasteiger partial charge in [0.05, 0.1) is 5.92 Å². The summed E-state index contributed by atoms with van der Waals surface area (Å²) in [5, 5.41) is 15.5. The molecular formula is C15H26N2O3. The molecule has 1 saturated carbocycles. The summed E-state index contributed by atoms with van der Waals surface area (Å²) in [5.41, 5.74) is 0. The highest BCUT2D eigenvalue weighted by atomic mass is 16.4. The minimum atomic E-state index is -0.772. The Hall–Kier alpha value is -1.10. The molecular weight excluding hydrogens is 256 g/mol. The SMILES string of the molecule is O=C(CCC1CCCNC1)NC1CCCCC1C(=O)O. The number of nitrogens with one attached hydrogen (secondary N) is 2. The fourth-order valence-electron chi connectivity index (χ4n) is 3.38. The largest absolute Gasteiger partial charge is 0.481 e. The smallest absolute Gasteiger partial charge is 0.308 e. The number of carboxylic acids is 1. The van der Waals surface area contributed by atoms with Gasteiger partial charge in [0.25, 0.3) is 0 Å². The van der Waals surface area contributed by atoms with Gasteiger partial charge in [0.15, 0.2) is 0 Å². The molecule has 5 nitrogen and oxygen atoms in total. The summed E-state index contributed by atoms with van der Waals surface area (Å²) < 4.78 is 0. The minimum Gasteiger partial charge on any atom is -0.481 e. The first kappa shape index (κ1) is 15.3. The second kappa shape index (κ2) is 7.62. The van der Waals surface area contributed by atoms with Gasteiger partial charge in [-0.25, -0.2) is 0 Å². The third kappa shape index (κ3) is 4.47. The minimum absolute atomic E-state index is 0.0220. The van der Waals surface area contributed by atoms with Crippen molar-refractivity contribution in [2.75, 3.05) is 13.1 Å². The molecule has 2 rings (SSSR count). The summed E-state index contributed by atoms with van der Waals surface area (Å²) in [6, 6.07) is -0.168. The van der Waals surface area contributed by atoms with Crippen molar-refractivity contribution in [1.29, 1.82) is 0 Å². The molecule has 3 atom stereocenters. The van der Waals surface area contributed by atoms with Gasteiger partial charge in [-0.15, -0.1) is 0 Å². The number of carbonyl (C=O) groups excluding carboxylic acids is 1. The van der Waals surface area contributed by atoms with E-state index in [0.29, 0.717) is 18.8 Å². The topological polar surface area (TPSA) is 78.4 Å². The van der Waals surface area contributed by atoms with E-state index in [9.17, 15) is 14.7 Å². The Labute approximate surface area is 120 Å². The first-order valence-electron chi connectivity index (χ1n) is 7.89. The molecule has 1 heterocycles. The molecule has 20 heavy (non-hydrogen) atoms.